The zero-order valence-corrected chi connectivity index (χ0v) is 14.6. The Hall–Kier alpha value is -0.560. The first-order valence-corrected chi connectivity index (χ1v) is 7.45. The van der Waals surface area contributed by atoms with E-state index in [9.17, 15) is 9.18 Å². The van der Waals surface area contributed by atoms with Gasteiger partial charge in [-0.2, -0.15) is 0 Å². The number of nitrogens with one attached hydrogen (secondary N) is 1. The number of allylic oxidation sites excluding steroid dienone is 1. The topological polar surface area (TPSA) is 50.8 Å². The molecule has 0 spiro atoms. The molecule has 0 saturated heterocycles. The molecule has 0 radical (unpaired) electrons. The maximum absolute atomic E-state index is 14.3. The van der Waals surface area contributed by atoms with E-state index in [1.54, 1.807) is 6.20 Å². The molecule has 0 amide bonds. The van der Waals surface area contributed by atoms with Crippen molar-refractivity contribution in [3.8, 4) is 0 Å². The first-order valence-electron chi connectivity index (χ1n) is 6.35. The lowest BCUT2D eigenvalue weighted by molar-refractivity contribution is -0.773. The fraction of sp³-hybridized carbons (Fsp3) is 0.308. The highest BCUT2D eigenvalue weighted by Gasteiger charge is 2.34. The fourth-order valence-electron chi connectivity index (χ4n) is 2.25. The average molecular weight is 389 g/mol. The van der Waals surface area contributed by atoms with E-state index in [1.165, 1.54) is 0 Å². The van der Waals surface area contributed by atoms with Crippen molar-refractivity contribution in [2.75, 3.05) is 24.1 Å². The van der Waals surface area contributed by atoms with Crippen LogP contribution in [0.4, 0.5) is 15.8 Å². The van der Waals surface area contributed by atoms with Crippen LogP contribution in [0.2, 0.25) is 5.02 Å². The summed E-state index contributed by atoms with van der Waals surface area (Å²) in [4.78, 5) is 12.8. The predicted octanol–water partition coefficient (Wildman–Crippen LogP) is -0.785. The highest BCUT2D eigenvalue weighted by molar-refractivity contribution is 6.46. The van der Waals surface area contributed by atoms with Crippen molar-refractivity contribution in [1.82, 2.24) is 0 Å². The Labute approximate surface area is 149 Å². The number of ketones is 1. The van der Waals surface area contributed by atoms with Gasteiger partial charge in [0.25, 0.3) is 0 Å². The van der Waals surface area contributed by atoms with E-state index >= 15 is 0 Å². The van der Waals surface area contributed by atoms with Crippen LogP contribution in [0, 0.1) is 5.82 Å². The van der Waals surface area contributed by atoms with Gasteiger partial charge in [-0.1, -0.05) is 23.2 Å². The normalized spacial score (nSPS) is 16.7. The van der Waals surface area contributed by atoms with Crippen molar-refractivity contribution >= 4 is 52.1 Å². The van der Waals surface area contributed by atoms with Crippen LogP contribution in [0.3, 0.4) is 0 Å². The van der Waals surface area contributed by atoms with Crippen LogP contribution in [0.5, 0.6) is 0 Å². The molecular formula is C13H14Cl4FN3O. The van der Waals surface area contributed by atoms with Crippen LogP contribution < -0.4 is 27.5 Å². The third kappa shape index (κ3) is 3.35. The number of hydrogen-bond donors (Lipinski definition) is 2. The Morgan fingerprint density at radius 3 is 2.59 bits per heavy atom. The number of fused-ring (bicyclic) bond motifs is 1. The Bertz CT molecular complexity index is 624. The molecular weight excluding hydrogens is 375 g/mol. The molecule has 1 heterocycles. The van der Waals surface area contributed by atoms with Crippen molar-refractivity contribution in [2.24, 2.45) is 5.73 Å². The van der Waals surface area contributed by atoms with E-state index < -0.39 is 11.6 Å². The second-order valence-corrected chi connectivity index (χ2v) is 5.71. The highest BCUT2D eigenvalue weighted by atomic mass is 35.5. The summed E-state index contributed by atoms with van der Waals surface area (Å²) >= 11 is 18.2. The minimum Gasteiger partial charge on any atom is -1.00 e. The lowest BCUT2D eigenvalue weighted by atomic mass is 10.0. The molecule has 22 heavy (non-hydrogen) atoms. The van der Waals surface area contributed by atoms with E-state index in [0.29, 0.717) is 12.2 Å². The second-order valence-electron chi connectivity index (χ2n) is 4.52. The van der Waals surface area contributed by atoms with Gasteiger partial charge in [-0.15, -0.1) is 0 Å². The van der Waals surface area contributed by atoms with E-state index in [4.69, 9.17) is 40.7 Å². The molecule has 2 rings (SSSR count). The van der Waals surface area contributed by atoms with E-state index in [1.807, 2.05) is 6.92 Å². The third-order valence-electron chi connectivity index (χ3n) is 3.23. The van der Waals surface area contributed by atoms with Crippen LogP contribution in [0.15, 0.2) is 17.3 Å². The molecule has 1 aliphatic heterocycles. The standard InChI is InChI=1S/C13H13Cl3FN3O.ClH/c1-2-19-6-8(14)13(21)7-5-9(17)12(10(15)11(7)19)20(16)4-3-18;/h5-6H,2-4,18H2,1H3;1H. The highest BCUT2D eigenvalue weighted by Crippen LogP contribution is 2.39. The monoisotopic (exact) mass is 387 g/mol. The average Bonchev–Trinajstić information content (AvgIpc) is 2.43. The number of quaternary nitrogens is 1. The smallest absolute Gasteiger partial charge is 0.215 e. The summed E-state index contributed by atoms with van der Waals surface area (Å²) in [6, 6.07) is 1.12. The molecule has 0 saturated carbocycles. The summed E-state index contributed by atoms with van der Waals surface area (Å²) in [5.41, 5.74) is 6.08. The SMILES string of the molecule is CC[NH+]1C=C(Cl)C(=O)c2cc(F)c(N(Cl)CCN)c(Cl)c21.[Cl-]. The number of nitrogens with zero attached hydrogens (tertiary/aromatic N) is 1. The molecule has 0 aliphatic carbocycles. The third-order valence-corrected chi connectivity index (χ3v) is 4.21. The Morgan fingerprint density at radius 1 is 1.41 bits per heavy atom. The number of benzene rings is 1. The molecule has 9 heteroatoms. The van der Waals surface area contributed by atoms with Gasteiger partial charge in [-0.25, -0.2) is 4.39 Å². The number of carbonyl (C=O) groups excluding carboxylic acids is 1. The van der Waals surface area contributed by atoms with Crippen molar-refractivity contribution in [2.45, 2.75) is 6.92 Å². The molecule has 3 N–H and O–H groups in total. The molecule has 1 aromatic rings. The zero-order valence-electron chi connectivity index (χ0n) is 11.6. The number of hydrogen-bond acceptors (Lipinski definition) is 3. The van der Waals surface area contributed by atoms with Crippen LogP contribution in [-0.4, -0.2) is 25.4 Å². The minimum atomic E-state index is -0.683. The van der Waals surface area contributed by atoms with Crippen LogP contribution in [-0.2, 0) is 0 Å². The number of carbonyl (C=O) groups is 1. The van der Waals surface area contributed by atoms with Gasteiger partial charge in [0.05, 0.1) is 12.1 Å². The maximum Gasteiger partial charge on any atom is 0.215 e. The molecule has 0 bridgehead atoms. The number of nitrogens with two attached hydrogens (primary N) is 1. The lowest BCUT2D eigenvalue weighted by Gasteiger charge is -2.25. The molecule has 4 nitrogen and oxygen atoms in total. The van der Waals surface area contributed by atoms with Crippen LogP contribution in [0.25, 0.3) is 0 Å². The van der Waals surface area contributed by atoms with E-state index in [-0.39, 0.29) is 46.8 Å². The van der Waals surface area contributed by atoms with Crippen LogP contribution in [0.1, 0.15) is 17.3 Å². The molecule has 0 fully saturated rings. The van der Waals surface area contributed by atoms with Gasteiger partial charge in [0.2, 0.25) is 5.78 Å². The number of anilines is 1. The fourth-order valence-corrected chi connectivity index (χ4v) is 3.20. The largest absolute Gasteiger partial charge is 1.00 e. The Balaban J connectivity index is 0.00000242. The summed E-state index contributed by atoms with van der Waals surface area (Å²) < 4.78 is 15.4. The molecule has 1 aromatic carbocycles. The van der Waals surface area contributed by atoms with Gasteiger partial charge in [0, 0.05) is 24.9 Å². The number of rotatable bonds is 4. The number of halogens is 5. The van der Waals surface area contributed by atoms with Gasteiger partial charge in [-0.05, 0) is 13.0 Å². The van der Waals surface area contributed by atoms with Gasteiger partial charge >= 0.3 is 0 Å². The Morgan fingerprint density at radius 2 is 2.05 bits per heavy atom. The summed E-state index contributed by atoms with van der Waals surface area (Å²) in [6.07, 6.45) is 1.56. The quantitative estimate of drug-likeness (QED) is 0.665. The summed E-state index contributed by atoms with van der Waals surface area (Å²) in [5, 5.41) is 0.145. The summed E-state index contributed by atoms with van der Waals surface area (Å²) in [7, 11) is 0. The van der Waals surface area contributed by atoms with Crippen molar-refractivity contribution in [1.29, 1.82) is 0 Å². The first-order chi connectivity index (χ1) is 9.92. The molecule has 122 valence electrons. The summed E-state index contributed by atoms with van der Waals surface area (Å²) in [6.45, 7) is 2.96. The molecule has 1 unspecified atom stereocenters. The second kappa shape index (κ2) is 7.81. The van der Waals surface area contributed by atoms with Gasteiger partial charge in [-0.3, -0.25) is 14.1 Å². The van der Waals surface area contributed by atoms with Gasteiger partial charge in [0.1, 0.15) is 27.8 Å². The van der Waals surface area contributed by atoms with E-state index in [2.05, 4.69) is 0 Å². The molecule has 0 aromatic heterocycles. The minimum absolute atomic E-state index is 0. The van der Waals surface area contributed by atoms with Crippen molar-refractivity contribution in [3.05, 3.63) is 33.7 Å². The van der Waals surface area contributed by atoms with Crippen LogP contribution >= 0.6 is 35.0 Å². The molecule has 1 aliphatic rings. The predicted molar refractivity (Wildman–Crippen MR) is 83.1 cm³/mol. The van der Waals surface area contributed by atoms with Crippen molar-refractivity contribution < 1.29 is 26.5 Å². The van der Waals surface area contributed by atoms with Gasteiger partial charge in [0.15, 0.2) is 5.69 Å². The van der Waals surface area contributed by atoms with Gasteiger partial charge < -0.3 is 18.1 Å². The number of Topliss-reactive ketones (excluding diaryl/α,β-unsaturated/α-hetero) is 1. The molecule has 1 atom stereocenters. The maximum atomic E-state index is 14.3. The zero-order chi connectivity index (χ0) is 15.7. The first kappa shape index (κ1) is 19.5. The lowest BCUT2D eigenvalue weighted by Crippen LogP contribution is -3.03. The van der Waals surface area contributed by atoms with E-state index in [0.717, 1.165) is 15.4 Å². The summed E-state index contributed by atoms with van der Waals surface area (Å²) in [5.74, 6) is -1.13. The van der Waals surface area contributed by atoms with Crippen molar-refractivity contribution in [3.63, 3.8) is 0 Å². The Kier molecular flexibility index (Phi) is 6.92.